The van der Waals surface area contributed by atoms with Crippen molar-refractivity contribution in [1.82, 2.24) is 5.32 Å². The second kappa shape index (κ2) is 6.13. The molecule has 1 aliphatic carbocycles. The highest BCUT2D eigenvalue weighted by Gasteiger charge is 2.41. The van der Waals surface area contributed by atoms with E-state index in [1.807, 2.05) is 0 Å². The van der Waals surface area contributed by atoms with Gasteiger partial charge in [-0.25, -0.2) is 0 Å². The summed E-state index contributed by atoms with van der Waals surface area (Å²) in [5.74, 6) is 1.07. The lowest BCUT2D eigenvalue weighted by atomic mass is 10.0. The first-order valence-electron chi connectivity index (χ1n) is 6.84. The molecule has 0 saturated heterocycles. The van der Waals surface area contributed by atoms with Gasteiger partial charge in [-0.3, -0.25) is 4.79 Å². The van der Waals surface area contributed by atoms with Crippen molar-refractivity contribution < 1.29 is 14.3 Å². The Morgan fingerprint density at radius 3 is 2.65 bits per heavy atom. The van der Waals surface area contributed by atoms with E-state index in [0.717, 1.165) is 19.3 Å². The summed E-state index contributed by atoms with van der Waals surface area (Å²) in [7, 11) is 3.13. The van der Waals surface area contributed by atoms with Crippen molar-refractivity contribution in [3.8, 4) is 11.5 Å². The molecule has 110 valence electrons. The quantitative estimate of drug-likeness (QED) is 0.794. The predicted molar refractivity (Wildman–Crippen MR) is 77.2 cm³/mol. The monoisotopic (exact) mass is 278 g/mol. The van der Waals surface area contributed by atoms with Crippen molar-refractivity contribution in [3.05, 3.63) is 23.8 Å². The molecule has 0 aliphatic heterocycles. The Kier molecular flexibility index (Phi) is 4.49. The van der Waals surface area contributed by atoms with E-state index >= 15 is 0 Å². The molecule has 0 aromatic heterocycles. The third-order valence-corrected chi connectivity index (χ3v) is 3.91. The average molecular weight is 278 g/mol. The number of nitrogens with two attached hydrogens (primary N) is 1. The lowest BCUT2D eigenvalue weighted by Gasteiger charge is -2.16. The van der Waals surface area contributed by atoms with Crippen molar-refractivity contribution in [2.75, 3.05) is 27.3 Å². The molecule has 0 heterocycles. The van der Waals surface area contributed by atoms with E-state index in [2.05, 4.69) is 5.32 Å². The van der Waals surface area contributed by atoms with Crippen molar-refractivity contribution >= 4 is 5.91 Å². The second-order valence-electron chi connectivity index (χ2n) is 5.29. The zero-order chi connectivity index (χ0) is 14.6. The minimum Gasteiger partial charge on any atom is -0.497 e. The van der Waals surface area contributed by atoms with Crippen LogP contribution < -0.4 is 20.5 Å². The first-order valence-corrected chi connectivity index (χ1v) is 6.84. The number of benzene rings is 1. The second-order valence-corrected chi connectivity index (χ2v) is 5.29. The van der Waals surface area contributed by atoms with Gasteiger partial charge in [-0.2, -0.15) is 0 Å². The summed E-state index contributed by atoms with van der Waals surface area (Å²) in [4.78, 5) is 12.2. The number of amides is 1. The Balaban J connectivity index is 2.02. The van der Waals surface area contributed by atoms with Gasteiger partial charge >= 0.3 is 0 Å². The Morgan fingerprint density at radius 1 is 1.35 bits per heavy atom. The molecule has 1 fully saturated rings. The highest BCUT2D eigenvalue weighted by Crippen LogP contribution is 2.47. The highest BCUT2D eigenvalue weighted by atomic mass is 16.5. The van der Waals surface area contributed by atoms with E-state index in [1.54, 1.807) is 32.4 Å². The van der Waals surface area contributed by atoms with Crippen molar-refractivity contribution in [2.24, 2.45) is 11.1 Å². The van der Waals surface area contributed by atoms with E-state index in [0.29, 0.717) is 30.2 Å². The van der Waals surface area contributed by atoms with Crippen LogP contribution in [0.3, 0.4) is 0 Å². The third-order valence-electron chi connectivity index (χ3n) is 3.91. The molecule has 0 unspecified atom stereocenters. The molecule has 0 radical (unpaired) electrons. The van der Waals surface area contributed by atoms with Gasteiger partial charge in [0.2, 0.25) is 0 Å². The zero-order valence-corrected chi connectivity index (χ0v) is 12.1. The van der Waals surface area contributed by atoms with Crippen molar-refractivity contribution in [1.29, 1.82) is 0 Å². The summed E-state index contributed by atoms with van der Waals surface area (Å²) in [6.45, 7) is 1.35. The van der Waals surface area contributed by atoms with E-state index < -0.39 is 0 Å². The fraction of sp³-hybridized carbons (Fsp3) is 0.533. The summed E-state index contributed by atoms with van der Waals surface area (Å²) < 4.78 is 10.4. The van der Waals surface area contributed by atoms with Gasteiger partial charge in [-0.15, -0.1) is 0 Å². The maximum absolute atomic E-state index is 12.2. The van der Waals surface area contributed by atoms with Crippen LogP contribution in [0.5, 0.6) is 11.5 Å². The molecular formula is C15H22N2O3. The van der Waals surface area contributed by atoms with Crippen LogP contribution in [0, 0.1) is 5.41 Å². The van der Waals surface area contributed by atoms with Gasteiger partial charge in [0.15, 0.2) is 0 Å². The number of hydrogen-bond acceptors (Lipinski definition) is 4. The predicted octanol–water partition coefficient (Wildman–Crippen LogP) is 1.56. The molecule has 5 heteroatoms. The van der Waals surface area contributed by atoms with Crippen LogP contribution in [-0.2, 0) is 0 Å². The summed E-state index contributed by atoms with van der Waals surface area (Å²) in [6.07, 6.45) is 3.25. The number of carbonyl (C=O) groups is 1. The van der Waals surface area contributed by atoms with Gasteiger partial charge in [-0.1, -0.05) is 0 Å². The maximum atomic E-state index is 12.2. The number of hydrogen-bond donors (Lipinski definition) is 2. The Labute approximate surface area is 119 Å². The summed E-state index contributed by atoms with van der Waals surface area (Å²) in [5.41, 5.74) is 6.35. The van der Waals surface area contributed by atoms with Crippen LogP contribution in [0.2, 0.25) is 0 Å². The van der Waals surface area contributed by atoms with Gasteiger partial charge in [0.1, 0.15) is 11.5 Å². The molecule has 20 heavy (non-hydrogen) atoms. The third kappa shape index (κ3) is 3.22. The summed E-state index contributed by atoms with van der Waals surface area (Å²) in [5, 5.41) is 2.98. The number of rotatable bonds is 7. The summed E-state index contributed by atoms with van der Waals surface area (Å²) >= 11 is 0. The van der Waals surface area contributed by atoms with Crippen LogP contribution in [0.1, 0.15) is 29.6 Å². The van der Waals surface area contributed by atoms with Crippen LogP contribution in [0.4, 0.5) is 0 Å². The van der Waals surface area contributed by atoms with Crippen molar-refractivity contribution in [2.45, 2.75) is 19.3 Å². The lowest BCUT2D eigenvalue weighted by molar-refractivity contribution is 0.0941. The van der Waals surface area contributed by atoms with Gasteiger partial charge in [-0.05, 0) is 43.4 Å². The maximum Gasteiger partial charge on any atom is 0.255 e. The molecule has 1 saturated carbocycles. The fourth-order valence-electron chi connectivity index (χ4n) is 2.35. The minimum absolute atomic E-state index is 0.118. The molecule has 1 aromatic carbocycles. The van der Waals surface area contributed by atoms with Crippen LogP contribution in [0.25, 0.3) is 0 Å². The smallest absolute Gasteiger partial charge is 0.255 e. The molecule has 3 N–H and O–H groups in total. The fourth-order valence-corrected chi connectivity index (χ4v) is 2.35. The van der Waals surface area contributed by atoms with E-state index in [9.17, 15) is 4.79 Å². The topological polar surface area (TPSA) is 73.6 Å². The molecule has 5 nitrogen and oxygen atoms in total. The Morgan fingerprint density at radius 2 is 2.10 bits per heavy atom. The Hall–Kier alpha value is -1.75. The van der Waals surface area contributed by atoms with Gasteiger partial charge < -0.3 is 20.5 Å². The molecule has 1 aromatic rings. The molecule has 2 rings (SSSR count). The van der Waals surface area contributed by atoms with Crippen LogP contribution >= 0.6 is 0 Å². The molecule has 0 bridgehead atoms. The normalized spacial score (nSPS) is 15.6. The molecule has 1 amide bonds. The minimum atomic E-state index is -0.118. The van der Waals surface area contributed by atoms with Crippen LogP contribution in [-0.4, -0.2) is 33.2 Å². The Bertz CT molecular complexity index is 484. The zero-order valence-electron chi connectivity index (χ0n) is 12.1. The average Bonchev–Trinajstić information content (AvgIpc) is 3.24. The first kappa shape index (κ1) is 14.7. The van der Waals surface area contributed by atoms with E-state index in [1.165, 1.54) is 0 Å². The number of nitrogens with one attached hydrogen (secondary N) is 1. The lowest BCUT2D eigenvalue weighted by Crippen LogP contribution is -2.31. The van der Waals surface area contributed by atoms with Gasteiger partial charge in [0, 0.05) is 12.6 Å². The van der Waals surface area contributed by atoms with E-state index in [-0.39, 0.29) is 11.3 Å². The molecule has 0 spiro atoms. The molecular weight excluding hydrogens is 256 g/mol. The standard InChI is InChI=1S/C15H22N2O3/c1-19-11-3-4-12(13(9-11)20-2)14(18)17-10-15(5-6-15)7-8-16/h3-4,9H,5-8,10,16H2,1-2H3,(H,17,18). The van der Waals surface area contributed by atoms with Crippen LogP contribution in [0.15, 0.2) is 18.2 Å². The molecule has 1 aliphatic rings. The van der Waals surface area contributed by atoms with Crippen molar-refractivity contribution in [3.63, 3.8) is 0 Å². The summed E-state index contributed by atoms with van der Waals surface area (Å²) in [6, 6.07) is 5.18. The molecule has 0 atom stereocenters. The highest BCUT2D eigenvalue weighted by molar-refractivity contribution is 5.97. The first-order chi connectivity index (χ1) is 9.64. The van der Waals surface area contributed by atoms with E-state index in [4.69, 9.17) is 15.2 Å². The van der Waals surface area contributed by atoms with Gasteiger partial charge in [0.25, 0.3) is 5.91 Å². The number of methoxy groups -OCH3 is 2. The number of ether oxygens (including phenoxy) is 2. The SMILES string of the molecule is COc1ccc(C(=O)NCC2(CCN)CC2)c(OC)c1. The number of carbonyl (C=O) groups excluding carboxylic acids is 1. The largest absolute Gasteiger partial charge is 0.497 e. The van der Waals surface area contributed by atoms with Gasteiger partial charge in [0.05, 0.1) is 19.8 Å².